The highest BCUT2D eigenvalue weighted by Gasteiger charge is 2.30. The molecule has 1 aromatic rings. The summed E-state index contributed by atoms with van der Waals surface area (Å²) in [6.45, 7) is 4.01. The molecular weight excluding hydrogens is 245 g/mol. The minimum absolute atomic E-state index is 0.246. The second kappa shape index (κ2) is 6.09. The van der Waals surface area contributed by atoms with Gasteiger partial charge in [0.25, 0.3) is 0 Å². The van der Waals surface area contributed by atoms with Crippen molar-refractivity contribution in [2.45, 2.75) is 39.2 Å². The predicted octanol–water partition coefficient (Wildman–Crippen LogP) is 3.53. The van der Waals surface area contributed by atoms with E-state index in [1.165, 1.54) is 24.3 Å². The van der Waals surface area contributed by atoms with Gasteiger partial charge in [-0.15, -0.1) is 13.2 Å². The molecule has 1 N–H and O–H groups in total. The summed E-state index contributed by atoms with van der Waals surface area (Å²) in [5, 5.41) is 9.72. The highest BCUT2D eigenvalue weighted by atomic mass is 19.4. The van der Waals surface area contributed by atoms with Crippen molar-refractivity contribution in [3.8, 4) is 5.75 Å². The van der Waals surface area contributed by atoms with Crippen LogP contribution in [-0.2, 0) is 6.42 Å². The van der Waals surface area contributed by atoms with Crippen LogP contribution in [0.5, 0.6) is 5.75 Å². The van der Waals surface area contributed by atoms with Crippen LogP contribution in [0.25, 0.3) is 0 Å². The van der Waals surface area contributed by atoms with E-state index in [-0.39, 0.29) is 5.75 Å². The number of rotatable bonds is 5. The minimum atomic E-state index is -4.67. The maximum Gasteiger partial charge on any atom is 0.573 e. The van der Waals surface area contributed by atoms with Gasteiger partial charge in [-0.25, -0.2) is 0 Å². The second-order valence-electron chi connectivity index (χ2n) is 4.68. The maximum absolute atomic E-state index is 11.9. The molecule has 0 fully saturated rings. The zero-order chi connectivity index (χ0) is 13.8. The van der Waals surface area contributed by atoms with Crippen molar-refractivity contribution < 1.29 is 23.0 Å². The average Bonchev–Trinajstić information content (AvgIpc) is 2.17. The number of aliphatic hydroxyl groups is 1. The quantitative estimate of drug-likeness (QED) is 0.879. The van der Waals surface area contributed by atoms with E-state index in [2.05, 4.69) is 4.74 Å². The van der Waals surface area contributed by atoms with Gasteiger partial charge in [0, 0.05) is 0 Å². The number of hydrogen-bond donors (Lipinski definition) is 1. The van der Waals surface area contributed by atoms with Crippen LogP contribution in [0, 0.1) is 5.92 Å². The predicted molar refractivity (Wildman–Crippen MR) is 62.3 cm³/mol. The Bertz CT molecular complexity index is 357. The summed E-state index contributed by atoms with van der Waals surface area (Å²) in [5.41, 5.74) is 0.790. The lowest BCUT2D eigenvalue weighted by atomic mass is 10.00. The van der Waals surface area contributed by atoms with E-state index in [1.54, 1.807) is 0 Å². The third kappa shape index (κ3) is 5.91. The molecule has 0 aromatic heterocycles. The number of ether oxygens (including phenoxy) is 1. The smallest absolute Gasteiger partial charge is 0.406 e. The van der Waals surface area contributed by atoms with Gasteiger partial charge in [0.05, 0.1) is 6.10 Å². The number of benzene rings is 1. The summed E-state index contributed by atoms with van der Waals surface area (Å²) in [6.07, 6.45) is -4.04. The molecule has 1 rings (SSSR count). The SMILES string of the molecule is CC(C)CC(O)Cc1ccc(OC(F)(F)F)cc1. The fourth-order valence-corrected chi connectivity index (χ4v) is 1.73. The van der Waals surface area contributed by atoms with Crippen LogP contribution in [0.1, 0.15) is 25.8 Å². The van der Waals surface area contributed by atoms with Gasteiger partial charge in [-0.1, -0.05) is 26.0 Å². The van der Waals surface area contributed by atoms with Crippen LogP contribution < -0.4 is 4.74 Å². The largest absolute Gasteiger partial charge is 0.573 e. The molecule has 0 aliphatic rings. The molecule has 5 heteroatoms. The summed E-state index contributed by atoms with van der Waals surface area (Å²) in [6, 6.07) is 5.57. The summed E-state index contributed by atoms with van der Waals surface area (Å²) < 4.78 is 39.6. The zero-order valence-electron chi connectivity index (χ0n) is 10.4. The lowest BCUT2D eigenvalue weighted by Crippen LogP contribution is -2.17. The molecule has 0 amide bonds. The minimum Gasteiger partial charge on any atom is -0.406 e. The van der Waals surface area contributed by atoms with Crippen molar-refractivity contribution in [1.29, 1.82) is 0 Å². The first-order valence-corrected chi connectivity index (χ1v) is 5.79. The molecule has 0 bridgehead atoms. The van der Waals surface area contributed by atoms with Gasteiger partial charge in [0.1, 0.15) is 5.75 Å². The highest BCUT2D eigenvalue weighted by Crippen LogP contribution is 2.23. The van der Waals surface area contributed by atoms with Gasteiger partial charge >= 0.3 is 6.36 Å². The first kappa shape index (κ1) is 14.8. The van der Waals surface area contributed by atoms with E-state index in [0.29, 0.717) is 18.8 Å². The summed E-state index contributed by atoms with van der Waals surface area (Å²) >= 11 is 0. The molecule has 0 aliphatic heterocycles. The Morgan fingerprint density at radius 3 is 2.17 bits per heavy atom. The lowest BCUT2D eigenvalue weighted by molar-refractivity contribution is -0.274. The monoisotopic (exact) mass is 262 g/mol. The summed E-state index contributed by atoms with van der Waals surface area (Å²) in [7, 11) is 0. The zero-order valence-corrected chi connectivity index (χ0v) is 10.4. The van der Waals surface area contributed by atoms with Gasteiger partial charge in [-0.2, -0.15) is 0 Å². The molecule has 0 spiro atoms. The number of hydrogen-bond acceptors (Lipinski definition) is 2. The van der Waals surface area contributed by atoms with E-state index >= 15 is 0 Å². The van der Waals surface area contributed by atoms with Crippen molar-refractivity contribution in [2.75, 3.05) is 0 Å². The normalized spacial score (nSPS) is 13.7. The molecule has 0 aliphatic carbocycles. The van der Waals surface area contributed by atoms with Gasteiger partial charge in [0.2, 0.25) is 0 Å². The topological polar surface area (TPSA) is 29.5 Å². The van der Waals surface area contributed by atoms with Crippen molar-refractivity contribution >= 4 is 0 Å². The van der Waals surface area contributed by atoms with Crippen LogP contribution in [0.4, 0.5) is 13.2 Å². The van der Waals surface area contributed by atoms with Crippen molar-refractivity contribution in [1.82, 2.24) is 0 Å². The van der Waals surface area contributed by atoms with Crippen molar-refractivity contribution in [3.05, 3.63) is 29.8 Å². The average molecular weight is 262 g/mol. The van der Waals surface area contributed by atoms with Gasteiger partial charge in [-0.05, 0) is 36.5 Å². The molecule has 1 unspecified atom stereocenters. The van der Waals surface area contributed by atoms with Crippen LogP contribution in [0.15, 0.2) is 24.3 Å². The standard InChI is InChI=1S/C13H17F3O2/c1-9(2)7-11(17)8-10-3-5-12(6-4-10)18-13(14,15)16/h3-6,9,11,17H,7-8H2,1-2H3. The molecule has 18 heavy (non-hydrogen) atoms. The Balaban J connectivity index is 2.55. The molecule has 1 aromatic carbocycles. The van der Waals surface area contributed by atoms with E-state index in [1.807, 2.05) is 13.8 Å². The Morgan fingerprint density at radius 2 is 1.72 bits per heavy atom. The molecule has 102 valence electrons. The first-order valence-electron chi connectivity index (χ1n) is 5.79. The first-order chi connectivity index (χ1) is 8.26. The van der Waals surface area contributed by atoms with Crippen LogP contribution >= 0.6 is 0 Å². The molecule has 1 atom stereocenters. The Kier molecular flexibility index (Phi) is 5.02. The van der Waals surface area contributed by atoms with Gasteiger partial charge in [-0.3, -0.25) is 0 Å². The highest BCUT2D eigenvalue weighted by molar-refractivity contribution is 5.27. The number of aliphatic hydroxyl groups excluding tert-OH is 1. The third-order valence-electron chi connectivity index (χ3n) is 2.37. The summed E-state index contributed by atoms with van der Waals surface area (Å²) in [4.78, 5) is 0. The number of halogens is 3. The molecule has 0 saturated heterocycles. The van der Waals surface area contributed by atoms with Crippen molar-refractivity contribution in [2.24, 2.45) is 5.92 Å². The molecule has 0 saturated carbocycles. The fraction of sp³-hybridized carbons (Fsp3) is 0.538. The van der Waals surface area contributed by atoms with Gasteiger partial charge in [0.15, 0.2) is 0 Å². The van der Waals surface area contributed by atoms with E-state index in [9.17, 15) is 18.3 Å². The Labute approximate surface area is 104 Å². The van der Waals surface area contributed by atoms with Crippen LogP contribution in [0.2, 0.25) is 0 Å². The Morgan fingerprint density at radius 1 is 1.17 bits per heavy atom. The van der Waals surface area contributed by atoms with Crippen LogP contribution in [-0.4, -0.2) is 17.6 Å². The van der Waals surface area contributed by atoms with Crippen molar-refractivity contribution in [3.63, 3.8) is 0 Å². The fourth-order valence-electron chi connectivity index (χ4n) is 1.73. The maximum atomic E-state index is 11.9. The molecule has 0 heterocycles. The van der Waals surface area contributed by atoms with Gasteiger partial charge < -0.3 is 9.84 Å². The van der Waals surface area contributed by atoms with E-state index < -0.39 is 12.5 Å². The molecular formula is C13H17F3O2. The van der Waals surface area contributed by atoms with E-state index in [4.69, 9.17) is 0 Å². The lowest BCUT2D eigenvalue weighted by Gasteiger charge is -2.13. The second-order valence-corrected chi connectivity index (χ2v) is 4.68. The molecule has 0 radical (unpaired) electrons. The van der Waals surface area contributed by atoms with E-state index in [0.717, 1.165) is 5.56 Å². The summed E-state index contributed by atoms with van der Waals surface area (Å²) in [5.74, 6) is 0.137. The molecule has 2 nitrogen and oxygen atoms in total. The number of alkyl halides is 3. The van der Waals surface area contributed by atoms with Crippen LogP contribution in [0.3, 0.4) is 0 Å². The third-order valence-corrected chi connectivity index (χ3v) is 2.37. The Hall–Kier alpha value is -1.23.